The van der Waals surface area contributed by atoms with E-state index in [9.17, 15) is 14.0 Å². The number of nitrogens with one attached hydrogen (secondary N) is 1. The summed E-state index contributed by atoms with van der Waals surface area (Å²) in [6.45, 7) is -0.285. The summed E-state index contributed by atoms with van der Waals surface area (Å²) in [5.41, 5.74) is 0.466. The second-order valence-electron chi connectivity index (χ2n) is 5.24. The summed E-state index contributed by atoms with van der Waals surface area (Å²) in [6, 6.07) is 7.39. The zero-order valence-corrected chi connectivity index (χ0v) is 14.4. The summed E-state index contributed by atoms with van der Waals surface area (Å²) in [4.78, 5) is 23.7. The van der Waals surface area contributed by atoms with Crippen molar-refractivity contribution < 1.29 is 18.7 Å². The standard InChI is InChI=1S/C17H14ClFN4O3/c1-26-15(24)10-20-16(25)12-9-21-23(17(12)22-6-2-3-7-22)14-8-11(19)4-5-13(14)18/h2-9H,10H2,1H3,(H,20,25). The zero-order valence-electron chi connectivity index (χ0n) is 13.6. The molecule has 2 heterocycles. The van der Waals surface area contributed by atoms with Crippen molar-refractivity contribution in [2.75, 3.05) is 13.7 Å². The Morgan fingerprint density at radius 2 is 2.04 bits per heavy atom. The van der Waals surface area contributed by atoms with Crippen LogP contribution in [0.4, 0.5) is 4.39 Å². The van der Waals surface area contributed by atoms with Crippen molar-refractivity contribution in [3.8, 4) is 11.5 Å². The maximum Gasteiger partial charge on any atom is 0.325 e. The Kier molecular flexibility index (Phi) is 5.04. The molecule has 0 saturated heterocycles. The Balaban J connectivity index is 2.07. The summed E-state index contributed by atoms with van der Waals surface area (Å²) < 4.78 is 21.2. The summed E-state index contributed by atoms with van der Waals surface area (Å²) >= 11 is 6.18. The smallest absolute Gasteiger partial charge is 0.325 e. The first-order chi connectivity index (χ1) is 12.5. The fourth-order valence-corrected chi connectivity index (χ4v) is 2.57. The van der Waals surface area contributed by atoms with E-state index in [4.69, 9.17) is 11.6 Å². The first-order valence-corrected chi connectivity index (χ1v) is 7.91. The number of ether oxygens (including phenoxy) is 1. The number of amides is 1. The predicted octanol–water partition coefficient (Wildman–Crippen LogP) is 2.36. The van der Waals surface area contributed by atoms with Gasteiger partial charge in [0.2, 0.25) is 0 Å². The van der Waals surface area contributed by atoms with Crippen LogP contribution in [-0.2, 0) is 9.53 Å². The van der Waals surface area contributed by atoms with E-state index in [0.29, 0.717) is 5.82 Å². The highest BCUT2D eigenvalue weighted by atomic mass is 35.5. The second kappa shape index (κ2) is 7.40. The van der Waals surface area contributed by atoms with Crippen molar-refractivity contribution in [1.29, 1.82) is 0 Å². The molecule has 3 rings (SSSR count). The molecule has 3 aromatic rings. The van der Waals surface area contributed by atoms with Crippen molar-refractivity contribution in [3.05, 3.63) is 65.3 Å². The number of hydrogen-bond acceptors (Lipinski definition) is 4. The number of carbonyl (C=O) groups is 2. The van der Waals surface area contributed by atoms with Gasteiger partial charge in [0.1, 0.15) is 17.9 Å². The molecule has 0 unspecified atom stereocenters. The number of benzene rings is 1. The normalized spacial score (nSPS) is 10.6. The average molecular weight is 377 g/mol. The third-order valence-corrected chi connectivity index (χ3v) is 3.91. The number of esters is 1. The van der Waals surface area contributed by atoms with Crippen molar-refractivity contribution in [2.45, 2.75) is 0 Å². The number of carbonyl (C=O) groups excluding carboxylic acids is 2. The third-order valence-electron chi connectivity index (χ3n) is 3.59. The number of rotatable bonds is 5. The molecular weight excluding hydrogens is 363 g/mol. The minimum absolute atomic E-state index is 0.186. The highest BCUT2D eigenvalue weighted by Gasteiger charge is 2.21. The molecule has 0 aliphatic carbocycles. The van der Waals surface area contributed by atoms with Crippen molar-refractivity contribution >= 4 is 23.5 Å². The molecule has 0 spiro atoms. The van der Waals surface area contributed by atoms with Gasteiger partial charge >= 0.3 is 5.97 Å². The van der Waals surface area contributed by atoms with E-state index in [-0.39, 0.29) is 22.8 Å². The van der Waals surface area contributed by atoms with Crippen LogP contribution in [0, 0.1) is 5.82 Å². The molecule has 0 saturated carbocycles. The number of halogens is 2. The number of nitrogens with zero attached hydrogens (tertiary/aromatic N) is 3. The largest absolute Gasteiger partial charge is 0.468 e. The molecule has 2 aromatic heterocycles. The molecule has 1 amide bonds. The first kappa shape index (κ1) is 17.7. The van der Waals surface area contributed by atoms with Gasteiger partial charge < -0.3 is 14.6 Å². The van der Waals surface area contributed by atoms with Crippen LogP contribution in [0.2, 0.25) is 5.02 Å². The van der Waals surface area contributed by atoms with Crippen molar-refractivity contribution in [2.24, 2.45) is 0 Å². The lowest BCUT2D eigenvalue weighted by atomic mass is 10.2. The monoisotopic (exact) mass is 376 g/mol. The topological polar surface area (TPSA) is 78.2 Å². The molecule has 1 aromatic carbocycles. The van der Waals surface area contributed by atoms with E-state index < -0.39 is 17.7 Å². The first-order valence-electron chi connectivity index (χ1n) is 7.53. The molecular formula is C17H14ClFN4O3. The molecule has 0 radical (unpaired) electrons. The lowest BCUT2D eigenvalue weighted by molar-refractivity contribution is -0.139. The van der Waals surface area contributed by atoms with Crippen LogP contribution in [0.5, 0.6) is 0 Å². The van der Waals surface area contributed by atoms with Crippen LogP contribution in [0.25, 0.3) is 11.5 Å². The lowest BCUT2D eigenvalue weighted by Gasteiger charge is -2.12. The Hall–Kier alpha value is -3.13. The predicted molar refractivity (Wildman–Crippen MR) is 92.2 cm³/mol. The van der Waals surface area contributed by atoms with E-state index in [1.807, 2.05) is 0 Å². The van der Waals surface area contributed by atoms with Gasteiger partial charge in [-0.1, -0.05) is 11.6 Å². The SMILES string of the molecule is COC(=O)CNC(=O)c1cnn(-c2cc(F)ccc2Cl)c1-n1cccc1. The molecule has 134 valence electrons. The Labute approximate surface area is 152 Å². The van der Waals surface area contributed by atoms with E-state index in [1.54, 1.807) is 29.1 Å². The average Bonchev–Trinajstić information content (AvgIpc) is 3.30. The quantitative estimate of drug-likeness (QED) is 0.693. The second-order valence-corrected chi connectivity index (χ2v) is 5.65. The Morgan fingerprint density at radius 1 is 1.31 bits per heavy atom. The molecule has 0 aliphatic heterocycles. The Morgan fingerprint density at radius 3 is 2.73 bits per heavy atom. The van der Waals surface area contributed by atoms with E-state index in [0.717, 1.165) is 0 Å². The van der Waals surface area contributed by atoms with Gasteiger partial charge in [-0.25, -0.2) is 9.07 Å². The van der Waals surface area contributed by atoms with E-state index in [1.165, 1.54) is 36.2 Å². The highest BCUT2D eigenvalue weighted by molar-refractivity contribution is 6.32. The van der Waals surface area contributed by atoms with Crippen molar-refractivity contribution in [3.63, 3.8) is 0 Å². The van der Waals surface area contributed by atoms with Crippen LogP contribution in [-0.4, -0.2) is 39.9 Å². The van der Waals surface area contributed by atoms with Crippen LogP contribution < -0.4 is 5.32 Å². The minimum atomic E-state index is -0.582. The van der Waals surface area contributed by atoms with Gasteiger partial charge in [0.05, 0.1) is 24.0 Å². The maximum absolute atomic E-state index is 13.7. The number of aromatic nitrogens is 3. The van der Waals surface area contributed by atoms with Gasteiger partial charge in [-0.15, -0.1) is 0 Å². The third kappa shape index (κ3) is 3.45. The highest BCUT2D eigenvalue weighted by Crippen LogP contribution is 2.26. The molecule has 1 N–H and O–H groups in total. The van der Waals surface area contributed by atoms with Crippen molar-refractivity contribution in [1.82, 2.24) is 19.7 Å². The summed E-state index contributed by atoms with van der Waals surface area (Å²) in [6.07, 6.45) is 4.73. The Bertz CT molecular complexity index is 953. The number of hydrogen-bond donors (Lipinski definition) is 1. The van der Waals surface area contributed by atoms with Gasteiger partial charge in [0.25, 0.3) is 5.91 Å². The summed E-state index contributed by atoms with van der Waals surface area (Å²) in [5, 5.41) is 6.90. The fraction of sp³-hybridized carbons (Fsp3) is 0.118. The minimum Gasteiger partial charge on any atom is -0.468 e. The van der Waals surface area contributed by atoms with Crippen LogP contribution in [0.1, 0.15) is 10.4 Å². The lowest BCUT2D eigenvalue weighted by Crippen LogP contribution is -2.30. The van der Waals surface area contributed by atoms with Gasteiger partial charge in [-0.2, -0.15) is 5.10 Å². The molecule has 0 fully saturated rings. The maximum atomic E-state index is 13.7. The molecule has 0 bridgehead atoms. The molecule has 26 heavy (non-hydrogen) atoms. The van der Waals surface area contributed by atoms with E-state index in [2.05, 4.69) is 15.2 Å². The van der Waals surface area contributed by atoms with E-state index >= 15 is 0 Å². The zero-order chi connectivity index (χ0) is 18.7. The summed E-state index contributed by atoms with van der Waals surface area (Å²) in [5.74, 6) is -1.25. The molecule has 0 aliphatic rings. The number of methoxy groups -OCH3 is 1. The van der Waals surface area contributed by atoms with Gasteiger partial charge in [-0.3, -0.25) is 9.59 Å². The molecule has 7 nitrogen and oxygen atoms in total. The van der Waals surface area contributed by atoms with Crippen LogP contribution in [0.15, 0.2) is 48.9 Å². The fourth-order valence-electron chi connectivity index (χ4n) is 2.37. The van der Waals surface area contributed by atoms with Crippen LogP contribution in [0.3, 0.4) is 0 Å². The van der Waals surface area contributed by atoms with Crippen LogP contribution >= 0.6 is 11.6 Å². The van der Waals surface area contributed by atoms with Gasteiger partial charge in [-0.05, 0) is 24.3 Å². The van der Waals surface area contributed by atoms with Gasteiger partial charge in [0, 0.05) is 18.5 Å². The van der Waals surface area contributed by atoms with Gasteiger partial charge in [0.15, 0.2) is 5.82 Å². The summed E-state index contributed by atoms with van der Waals surface area (Å²) in [7, 11) is 1.23. The molecule has 9 heteroatoms. The molecule has 0 atom stereocenters.